The van der Waals surface area contributed by atoms with Crippen LogP contribution in [0.25, 0.3) is 0 Å². The maximum atomic E-state index is 5.88. The summed E-state index contributed by atoms with van der Waals surface area (Å²) in [6, 6.07) is 9.70. The van der Waals surface area contributed by atoms with Crippen LogP contribution < -0.4 is 15.8 Å². The van der Waals surface area contributed by atoms with Gasteiger partial charge in [-0.05, 0) is 12.1 Å². The quantitative estimate of drug-likeness (QED) is 0.469. The van der Waals surface area contributed by atoms with Crippen LogP contribution in [0.4, 0.5) is 17.6 Å². The molecular weight excluding hydrogens is 216 g/mol. The Bertz CT molecular complexity index is 491. The lowest BCUT2D eigenvalue weighted by atomic mass is 10.3. The molecule has 17 heavy (non-hydrogen) atoms. The molecule has 6 heteroatoms. The molecule has 2 aromatic rings. The molecule has 1 heterocycles. The zero-order valence-electron chi connectivity index (χ0n) is 9.83. The molecule has 0 atom stereocenters. The Hall–Kier alpha value is -2.05. The van der Waals surface area contributed by atoms with Gasteiger partial charge in [0.05, 0.1) is 14.1 Å². The summed E-state index contributed by atoms with van der Waals surface area (Å²) < 4.78 is 0.0615. The molecule has 1 aromatic carbocycles. The van der Waals surface area contributed by atoms with E-state index in [2.05, 4.69) is 20.3 Å². The van der Waals surface area contributed by atoms with Crippen molar-refractivity contribution in [2.24, 2.45) is 5.84 Å². The molecule has 0 fully saturated rings. The largest absolute Gasteiger partial charge is 0.352 e. The summed E-state index contributed by atoms with van der Waals surface area (Å²) in [5.41, 5.74) is 0.923. The zero-order chi connectivity index (χ0) is 12.3. The zero-order valence-corrected chi connectivity index (χ0v) is 9.83. The Labute approximate surface area is 99.7 Å². The summed E-state index contributed by atoms with van der Waals surface area (Å²) >= 11 is 0. The highest BCUT2D eigenvalue weighted by molar-refractivity contribution is 5.53. The van der Waals surface area contributed by atoms with Crippen LogP contribution in [0, 0.1) is 0 Å². The van der Waals surface area contributed by atoms with Crippen molar-refractivity contribution in [2.75, 3.05) is 19.4 Å². The Kier molecular flexibility index (Phi) is 2.99. The van der Waals surface area contributed by atoms with E-state index in [0.717, 1.165) is 5.69 Å². The first kappa shape index (κ1) is 11.4. The molecule has 0 saturated carbocycles. The number of hydrogen-bond donors (Lipinski definition) is 2. The molecule has 0 bridgehead atoms. The van der Waals surface area contributed by atoms with Crippen molar-refractivity contribution in [1.29, 1.82) is 0 Å². The molecule has 0 amide bonds. The average Bonchev–Trinajstić information content (AvgIpc) is 2.29. The van der Waals surface area contributed by atoms with Crippen LogP contribution in [-0.2, 0) is 0 Å². The van der Waals surface area contributed by atoms with E-state index in [1.807, 2.05) is 30.3 Å². The number of nitrogens with two attached hydrogens (primary N) is 1. The second-order valence-electron chi connectivity index (χ2n) is 4.14. The minimum absolute atomic E-state index is 0.0615. The number of aromatic nitrogens is 3. The van der Waals surface area contributed by atoms with Crippen molar-refractivity contribution in [3.05, 3.63) is 36.7 Å². The molecule has 0 spiro atoms. The van der Waals surface area contributed by atoms with E-state index in [0.29, 0.717) is 11.9 Å². The lowest BCUT2D eigenvalue weighted by Crippen LogP contribution is -2.49. The molecule has 0 saturated heterocycles. The standard InChI is InChI=1S/C11H15N6/c1-17(2,12)11-14-8-13-10(16-11)15-9-6-4-3-5-7-9/h3-8H,12H2,1-2H3,(H,13,14,15,16)/q+1. The van der Waals surface area contributed by atoms with E-state index in [4.69, 9.17) is 5.84 Å². The predicted octanol–water partition coefficient (Wildman–Crippen LogP) is 1.06. The van der Waals surface area contributed by atoms with Gasteiger partial charge in [-0.1, -0.05) is 18.2 Å². The summed E-state index contributed by atoms with van der Waals surface area (Å²) in [7, 11) is 3.59. The Balaban J connectivity index is 2.23. The van der Waals surface area contributed by atoms with Gasteiger partial charge in [0.25, 0.3) is 0 Å². The van der Waals surface area contributed by atoms with E-state index in [1.54, 1.807) is 14.1 Å². The number of anilines is 2. The molecule has 88 valence electrons. The first-order chi connectivity index (χ1) is 8.05. The van der Waals surface area contributed by atoms with Gasteiger partial charge in [0.15, 0.2) is 0 Å². The van der Waals surface area contributed by atoms with Crippen molar-refractivity contribution in [3.63, 3.8) is 0 Å². The van der Waals surface area contributed by atoms with E-state index < -0.39 is 0 Å². The summed E-state index contributed by atoms with van der Waals surface area (Å²) in [4.78, 5) is 12.3. The van der Waals surface area contributed by atoms with Crippen molar-refractivity contribution >= 4 is 17.6 Å². The maximum absolute atomic E-state index is 5.88. The molecule has 0 radical (unpaired) electrons. The molecule has 1 aromatic heterocycles. The molecule has 0 aliphatic carbocycles. The highest BCUT2D eigenvalue weighted by atomic mass is 15.6. The van der Waals surface area contributed by atoms with Crippen LogP contribution in [0.2, 0.25) is 0 Å². The number of hydrogen-bond acceptors (Lipinski definition) is 5. The second kappa shape index (κ2) is 4.44. The first-order valence-electron chi connectivity index (χ1n) is 5.20. The van der Waals surface area contributed by atoms with Crippen LogP contribution in [-0.4, -0.2) is 29.0 Å². The molecule has 0 unspecified atom stereocenters. The van der Waals surface area contributed by atoms with Gasteiger partial charge in [-0.25, -0.2) is 4.98 Å². The monoisotopic (exact) mass is 231 g/mol. The van der Waals surface area contributed by atoms with Crippen LogP contribution in [0.3, 0.4) is 0 Å². The van der Waals surface area contributed by atoms with Crippen LogP contribution in [0.1, 0.15) is 0 Å². The number of benzene rings is 1. The molecular formula is C11H15N6+. The molecule has 3 N–H and O–H groups in total. The van der Waals surface area contributed by atoms with Gasteiger partial charge >= 0.3 is 5.95 Å². The lowest BCUT2D eigenvalue weighted by molar-refractivity contribution is 0.395. The minimum atomic E-state index is 0.0615. The topological polar surface area (TPSA) is 76.7 Å². The number of nitrogens with one attached hydrogen (secondary N) is 1. The van der Waals surface area contributed by atoms with Crippen LogP contribution in [0.5, 0.6) is 0 Å². The highest BCUT2D eigenvalue weighted by Gasteiger charge is 2.18. The average molecular weight is 231 g/mol. The third kappa shape index (κ3) is 2.96. The summed E-state index contributed by atoms with van der Waals surface area (Å²) in [5.74, 6) is 6.86. The number of para-hydroxylation sites is 1. The summed E-state index contributed by atoms with van der Waals surface area (Å²) in [6.45, 7) is 0. The van der Waals surface area contributed by atoms with E-state index in [-0.39, 0.29) is 4.59 Å². The fraction of sp³-hybridized carbons (Fsp3) is 0.182. The molecule has 0 aliphatic rings. The highest BCUT2D eigenvalue weighted by Crippen LogP contribution is 2.13. The number of quaternary nitrogens is 1. The Morgan fingerprint density at radius 3 is 2.47 bits per heavy atom. The minimum Gasteiger partial charge on any atom is -0.324 e. The third-order valence-electron chi connectivity index (χ3n) is 2.10. The molecule has 6 nitrogen and oxygen atoms in total. The Morgan fingerprint density at radius 1 is 1.12 bits per heavy atom. The van der Waals surface area contributed by atoms with Crippen LogP contribution in [0.15, 0.2) is 36.7 Å². The van der Waals surface area contributed by atoms with E-state index >= 15 is 0 Å². The van der Waals surface area contributed by atoms with Crippen molar-refractivity contribution in [3.8, 4) is 0 Å². The van der Waals surface area contributed by atoms with Gasteiger partial charge in [-0.15, -0.1) is 4.98 Å². The normalized spacial score (nSPS) is 11.2. The molecule has 2 rings (SSSR count). The predicted molar refractivity (Wildman–Crippen MR) is 67.4 cm³/mol. The third-order valence-corrected chi connectivity index (χ3v) is 2.10. The van der Waals surface area contributed by atoms with Crippen molar-refractivity contribution in [2.45, 2.75) is 0 Å². The van der Waals surface area contributed by atoms with Crippen molar-refractivity contribution < 1.29 is 0 Å². The van der Waals surface area contributed by atoms with Crippen LogP contribution >= 0.6 is 0 Å². The summed E-state index contributed by atoms with van der Waals surface area (Å²) in [6.07, 6.45) is 1.44. The smallest absolute Gasteiger partial charge is 0.324 e. The van der Waals surface area contributed by atoms with Gasteiger partial charge in [0.1, 0.15) is 6.33 Å². The van der Waals surface area contributed by atoms with Gasteiger partial charge < -0.3 is 5.32 Å². The molecule has 0 aliphatic heterocycles. The van der Waals surface area contributed by atoms with E-state index in [9.17, 15) is 0 Å². The SMILES string of the molecule is C[N+](C)(N)c1ncnc(Nc2ccccc2)n1. The number of nitrogens with zero attached hydrogens (tertiary/aromatic N) is 4. The fourth-order valence-electron chi connectivity index (χ4n) is 1.28. The lowest BCUT2D eigenvalue weighted by Gasteiger charge is -2.18. The first-order valence-corrected chi connectivity index (χ1v) is 5.20. The van der Waals surface area contributed by atoms with Gasteiger partial charge in [-0.3, -0.25) is 0 Å². The number of rotatable bonds is 3. The van der Waals surface area contributed by atoms with E-state index in [1.165, 1.54) is 6.33 Å². The van der Waals surface area contributed by atoms with Gasteiger partial charge in [0.2, 0.25) is 5.95 Å². The fourth-order valence-corrected chi connectivity index (χ4v) is 1.28. The van der Waals surface area contributed by atoms with Gasteiger partial charge in [-0.2, -0.15) is 15.4 Å². The Morgan fingerprint density at radius 2 is 1.82 bits per heavy atom. The second-order valence-corrected chi connectivity index (χ2v) is 4.14. The van der Waals surface area contributed by atoms with Crippen molar-refractivity contribution in [1.82, 2.24) is 19.5 Å². The summed E-state index contributed by atoms with van der Waals surface area (Å²) in [5, 5.41) is 3.09. The van der Waals surface area contributed by atoms with Gasteiger partial charge in [0, 0.05) is 5.69 Å². The maximum Gasteiger partial charge on any atom is 0.352 e.